The minimum absolute atomic E-state index is 0.0735. The van der Waals surface area contributed by atoms with Crippen LogP contribution in [0.1, 0.15) is 0 Å². The van der Waals surface area contributed by atoms with Crippen LogP contribution in [0.25, 0.3) is 11.0 Å². The predicted octanol–water partition coefficient (Wildman–Crippen LogP) is 4.19. The number of hydrogen-bond donors (Lipinski definition) is 2. The maximum absolute atomic E-state index is 12.9. The Morgan fingerprint density at radius 1 is 0.742 bits per heavy atom. The standard InChI is InChI=1S/C22H20N4O4S/c1-29-16-12-15(13-17(14-16)30-2)23-21-22(25-20-11-7-6-10-19(20)24-21)26-31(27,28)18-8-4-3-5-9-18/h3-14H,1-2H3,(H,23,24)(H,25,26). The van der Waals surface area contributed by atoms with Crippen molar-refractivity contribution in [2.24, 2.45) is 0 Å². The minimum Gasteiger partial charge on any atom is -0.497 e. The molecule has 0 atom stereocenters. The molecule has 0 spiro atoms. The van der Waals surface area contributed by atoms with Crippen LogP contribution < -0.4 is 19.5 Å². The molecule has 8 nitrogen and oxygen atoms in total. The molecule has 1 heterocycles. The summed E-state index contributed by atoms with van der Waals surface area (Å²) in [7, 11) is -0.765. The fraction of sp³-hybridized carbons (Fsp3) is 0.0909. The first-order chi connectivity index (χ1) is 15.0. The summed E-state index contributed by atoms with van der Waals surface area (Å²) in [5.41, 5.74) is 1.77. The number of sulfonamides is 1. The van der Waals surface area contributed by atoms with Crippen molar-refractivity contribution in [1.29, 1.82) is 0 Å². The van der Waals surface area contributed by atoms with E-state index in [-0.39, 0.29) is 16.5 Å². The van der Waals surface area contributed by atoms with Crippen LogP contribution in [-0.4, -0.2) is 32.6 Å². The van der Waals surface area contributed by atoms with Gasteiger partial charge in [0, 0.05) is 23.9 Å². The number of nitrogens with zero attached hydrogens (tertiary/aromatic N) is 2. The molecule has 0 aliphatic heterocycles. The van der Waals surface area contributed by atoms with Crippen molar-refractivity contribution in [2.75, 3.05) is 24.3 Å². The van der Waals surface area contributed by atoms with Crippen LogP contribution in [0.4, 0.5) is 17.3 Å². The Bertz CT molecular complexity index is 1310. The lowest BCUT2D eigenvalue weighted by Crippen LogP contribution is -2.16. The Balaban J connectivity index is 1.79. The minimum atomic E-state index is -3.86. The van der Waals surface area contributed by atoms with Gasteiger partial charge in [0.1, 0.15) is 11.5 Å². The fourth-order valence-electron chi connectivity index (χ4n) is 2.96. The van der Waals surface area contributed by atoms with E-state index < -0.39 is 10.0 Å². The monoisotopic (exact) mass is 436 g/mol. The number of anilines is 3. The van der Waals surface area contributed by atoms with E-state index in [2.05, 4.69) is 20.0 Å². The smallest absolute Gasteiger partial charge is 0.263 e. The first kappa shape index (κ1) is 20.4. The van der Waals surface area contributed by atoms with E-state index in [1.54, 1.807) is 62.8 Å². The van der Waals surface area contributed by atoms with Gasteiger partial charge in [0.05, 0.1) is 30.1 Å². The molecule has 0 unspecified atom stereocenters. The van der Waals surface area contributed by atoms with Gasteiger partial charge in [-0.05, 0) is 24.3 Å². The molecule has 0 aliphatic carbocycles. The van der Waals surface area contributed by atoms with Gasteiger partial charge in [-0.1, -0.05) is 30.3 Å². The average Bonchev–Trinajstić information content (AvgIpc) is 2.79. The molecule has 0 radical (unpaired) electrons. The number of methoxy groups -OCH3 is 2. The summed E-state index contributed by atoms with van der Waals surface area (Å²) in [5, 5.41) is 3.13. The van der Waals surface area contributed by atoms with Crippen LogP contribution in [0.15, 0.2) is 77.7 Å². The van der Waals surface area contributed by atoms with Gasteiger partial charge in [0.15, 0.2) is 11.6 Å². The molecule has 3 aromatic carbocycles. The summed E-state index contributed by atoms with van der Waals surface area (Å²) in [6.45, 7) is 0. The number of benzene rings is 3. The second-order valence-electron chi connectivity index (χ2n) is 6.55. The van der Waals surface area contributed by atoms with Crippen molar-refractivity contribution in [1.82, 2.24) is 9.97 Å². The van der Waals surface area contributed by atoms with Gasteiger partial charge in [-0.25, -0.2) is 18.4 Å². The largest absolute Gasteiger partial charge is 0.497 e. The molecule has 4 aromatic rings. The van der Waals surface area contributed by atoms with Crippen LogP contribution in [0.5, 0.6) is 11.5 Å². The number of fused-ring (bicyclic) bond motifs is 1. The highest BCUT2D eigenvalue weighted by Crippen LogP contribution is 2.31. The summed E-state index contributed by atoms with van der Waals surface area (Å²) >= 11 is 0. The zero-order valence-corrected chi connectivity index (χ0v) is 17.7. The predicted molar refractivity (Wildman–Crippen MR) is 120 cm³/mol. The molecule has 0 saturated carbocycles. The molecule has 4 rings (SSSR count). The van der Waals surface area contributed by atoms with Crippen molar-refractivity contribution in [3.8, 4) is 11.5 Å². The summed E-state index contributed by atoms with van der Waals surface area (Å²) in [5.74, 6) is 1.46. The molecule has 31 heavy (non-hydrogen) atoms. The molecule has 0 fully saturated rings. The molecule has 0 aliphatic rings. The van der Waals surface area contributed by atoms with E-state index in [0.29, 0.717) is 28.2 Å². The molecular formula is C22H20N4O4S. The van der Waals surface area contributed by atoms with Gasteiger partial charge in [0.25, 0.3) is 10.0 Å². The Hall–Kier alpha value is -3.85. The zero-order chi connectivity index (χ0) is 21.8. The summed E-state index contributed by atoms with van der Waals surface area (Å²) in [6, 6.07) is 20.5. The van der Waals surface area contributed by atoms with Crippen molar-refractivity contribution < 1.29 is 17.9 Å². The van der Waals surface area contributed by atoms with Gasteiger partial charge in [-0.2, -0.15) is 0 Å². The third-order valence-electron chi connectivity index (χ3n) is 4.47. The first-order valence-corrected chi connectivity index (χ1v) is 10.8. The molecule has 0 bridgehead atoms. The number of hydrogen-bond acceptors (Lipinski definition) is 7. The lowest BCUT2D eigenvalue weighted by atomic mass is 10.2. The van der Waals surface area contributed by atoms with Gasteiger partial charge in [-0.3, -0.25) is 4.72 Å². The van der Waals surface area contributed by atoms with Crippen molar-refractivity contribution in [2.45, 2.75) is 4.90 Å². The zero-order valence-electron chi connectivity index (χ0n) is 16.9. The molecule has 0 saturated heterocycles. The lowest BCUT2D eigenvalue weighted by molar-refractivity contribution is 0.395. The van der Waals surface area contributed by atoms with Crippen LogP contribution in [0.3, 0.4) is 0 Å². The Kier molecular flexibility index (Phi) is 5.59. The van der Waals surface area contributed by atoms with Crippen LogP contribution in [-0.2, 0) is 10.0 Å². The van der Waals surface area contributed by atoms with Crippen molar-refractivity contribution in [3.63, 3.8) is 0 Å². The van der Waals surface area contributed by atoms with E-state index in [0.717, 1.165) is 0 Å². The second kappa shape index (κ2) is 8.49. The quantitative estimate of drug-likeness (QED) is 0.448. The van der Waals surface area contributed by atoms with Crippen molar-refractivity contribution >= 4 is 38.4 Å². The SMILES string of the molecule is COc1cc(Nc2nc3ccccc3nc2NS(=O)(=O)c2ccccc2)cc(OC)c1. The Labute approximate surface area is 179 Å². The third-order valence-corrected chi connectivity index (χ3v) is 5.82. The molecule has 0 amide bonds. The molecule has 2 N–H and O–H groups in total. The maximum atomic E-state index is 12.9. The van der Waals surface area contributed by atoms with Crippen LogP contribution >= 0.6 is 0 Å². The Morgan fingerprint density at radius 3 is 1.87 bits per heavy atom. The summed E-state index contributed by atoms with van der Waals surface area (Å²) in [4.78, 5) is 9.19. The van der Waals surface area contributed by atoms with Gasteiger partial charge >= 0.3 is 0 Å². The number of para-hydroxylation sites is 2. The van der Waals surface area contributed by atoms with E-state index in [9.17, 15) is 8.42 Å². The summed E-state index contributed by atoms with van der Waals surface area (Å²) in [6.07, 6.45) is 0. The lowest BCUT2D eigenvalue weighted by Gasteiger charge is -2.15. The third kappa shape index (κ3) is 4.51. The second-order valence-corrected chi connectivity index (χ2v) is 8.24. The van der Waals surface area contributed by atoms with Gasteiger partial charge < -0.3 is 14.8 Å². The molecule has 158 valence electrons. The van der Waals surface area contributed by atoms with Crippen LogP contribution in [0.2, 0.25) is 0 Å². The van der Waals surface area contributed by atoms with E-state index >= 15 is 0 Å². The number of aromatic nitrogens is 2. The number of ether oxygens (including phenoxy) is 2. The number of rotatable bonds is 7. The van der Waals surface area contributed by atoms with Crippen LogP contribution in [0, 0.1) is 0 Å². The van der Waals surface area contributed by atoms with E-state index in [4.69, 9.17) is 9.47 Å². The summed E-state index contributed by atoms with van der Waals surface area (Å²) < 4.78 is 39.0. The van der Waals surface area contributed by atoms with E-state index in [1.165, 1.54) is 12.1 Å². The maximum Gasteiger partial charge on any atom is 0.263 e. The fourth-order valence-corrected chi connectivity index (χ4v) is 3.99. The highest BCUT2D eigenvalue weighted by atomic mass is 32.2. The molecular weight excluding hydrogens is 416 g/mol. The number of nitrogens with one attached hydrogen (secondary N) is 2. The van der Waals surface area contributed by atoms with Crippen molar-refractivity contribution in [3.05, 3.63) is 72.8 Å². The Morgan fingerprint density at radius 2 is 1.29 bits per heavy atom. The first-order valence-electron chi connectivity index (χ1n) is 9.33. The molecule has 9 heteroatoms. The highest BCUT2D eigenvalue weighted by molar-refractivity contribution is 7.92. The highest BCUT2D eigenvalue weighted by Gasteiger charge is 2.19. The van der Waals surface area contributed by atoms with Gasteiger partial charge in [-0.15, -0.1) is 0 Å². The van der Waals surface area contributed by atoms with Gasteiger partial charge in [0.2, 0.25) is 0 Å². The molecule has 1 aromatic heterocycles. The average molecular weight is 436 g/mol. The van der Waals surface area contributed by atoms with E-state index in [1.807, 2.05) is 12.1 Å². The normalized spacial score (nSPS) is 11.2. The topological polar surface area (TPSA) is 102 Å².